The number of nitrogens with zero attached hydrogens (tertiary/aromatic N) is 1. The van der Waals surface area contributed by atoms with Crippen LogP contribution in [-0.4, -0.2) is 18.9 Å². The molecule has 0 unspecified atom stereocenters. The van der Waals surface area contributed by atoms with Crippen molar-refractivity contribution in [2.75, 3.05) is 17.3 Å². The quantitative estimate of drug-likeness (QED) is 0.598. The van der Waals surface area contributed by atoms with Crippen molar-refractivity contribution in [3.05, 3.63) is 94.7 Å². The van der Waals surface area contributed by atoms with Crippen LogP contribution in [0, 0.1) is 20.8 Å². The monoisotopic (exact) mass is 412 g/mol. The summed E-state index contributed by atoms with van der Waals surface area (Å²) in [5, 5.41) is 3.20. The summed E-state index contributed by atoms with van der Waals surface area (Å²) >= 11 is 0. The molecule has 0 aliphatic carbocycles. The van der Waals surface area contributed by atoms with E-state index in [2.05, 4.69) is 5.32 Å². The van der Waals surface area contributed by atoms with Gasteiger partial charge in [0.25, 0.3) is 11.8 Å². The van der Waals surface area contributed by atoms with E-state index >= 15 is 0 Å². The van der Waals surface area contributed by atoms with Crippen LogP contribution >= 0.6 is 0 Å². The molecule has 4 rings (SSSR count). The number of carbonyl (C=O) groups is 2. The van der Waals surface area contributed by atoms with Gasteiger partial charge in [-0.25, -0.2) is 4.90 Å². The molecule has 3 aromatic rings. The lowest BCUT2D eigenvalue weighted by Gasteiger charge is -2.19. The van der Waals surface area contributed by atoms with Crippen molar-refractivity contribution in [2.24, 2.45) is 0 Å². The lowest BCUT2D eigenvalue weighted by Crippen LogP contribution is -2.32. The number of rotatable bonds is 5. The summed E-state index contributed by atoms with van der Waals surface area (Å²) in [6.07, 6.45) is 0. The maximum absolute atomic E-state index is 13.6. The number of carbonyl (C=O) groups excluding carboxylic acids is 2. The molecule has 31 heavy (non-hydrogen) atoms. The van der Waals surface area contributed by atoms with Gasteiger partial charge in [-0.15, -0.1) is 0 Å². The van der Waals surface area contributed by atoms with E-state index in [0.29, 0.717) is 22.6 Å². The molecule has 0 fully saturated rings. The number of benzene rings is 3. The molecule has 0 saturated heterocycles. The Morgan fingerprint density at radius 2 is 1.45 bits per heavy atom. The number of imide groups is 1. The lowest BCUT2D eigenvalue weighted by atomic mass is 10.0. The number of aryl methyl sites for hydroxylation is 3. The number of hydrogen-bond acceptors (Lipinski definition) is 4. The average Bonchev–Trinajstić information content (AvgIpc) is 2.98. The number of methoxy groups -OCH3 is 1. The summed E-state index contributed by atoms with van der Waals surface area (Å²) < 4.78 is 5.45. The Morgan fingerprint density at radius 1 is 0.774 bits per heavy atom. The standard InChI is InChI=1S/C26H24N2O3/c1-16-8-11-19(12-9-16)23-24(27-20-7-5-6-17(2)14-20)26(30)28(25(23)29)21-15-18(3)10-13-22(21)31-4/h5-15,27H,1-4H3. The SMILES string of the molecule is COc1ccc(C)cc1N1C(=O)C(Nc2cccc(C)c2)=C(c2ccc(C)cc2)C1=O. The van der Waals surface area contributed by atoms with Gasteiger partial charge in [0.15, 0.2) is 0 Å². The fourth-order valence-corrected chi connectivity index (χ4v) is 3.69. The summed E-state index contributed by atoms with van der Waals surface area (Å²) in [6.45, 7) is 5.87. The van der Waals surface area contributed by atoms with Crippen LogP contribution in [0.3, 0.4) is 0 Å². The number of amides is 2. The van der Waals surface area contributed by atoms with Gasteiger partial charge in [-0.1, -0.05) is 48.0 Å². The number of nitrogens with one attached hydrogen (secondary N) is 1. The van der Waals surface area contributed by atoms with Gasteiger partial charge in [-0.05, 0) is 61.7 Å². The highest BCUT2D eigenvalue weighted by molar-refractivity contribution is 6.46. The van der Waals surface area contributed by atoms with Gasteiger partial charge in [0.1, 0.15) is 11.4 Å². The van der Waals surface area contributed by atoms with E-state index < -0.39 is 5.91 Å². The van der Waals surface area contributed by atoms with Crippen LogP contribution in [0.15, 0.2) is 72.4 Å². The molecule has 0 bridgehead atoms. The molecular weight excluding hydrogens is 388 g/mol. The molecule has 0 radical (unpaired) electrons. The summed E-state index contributed by atoms with van der Waals surface area (Å²) in [5.74, 6) is -0.328. The normalized spacial score (nSPS) is 13.7. The molecule has 5 nitrogen and oxygen atoms in total. The highest BCUT2D eigenvalue weighted by Gasteiger charge is 2.41. The van der Waals surface area contributed by atoms with Gasteiger partial charge in [0.2, 0.25) is 0 Å². The Morgan fingerprint density at radius 3 is 2.13 bits per heavy atom. The summed E-state index contributed by atoms with van der Waals surface area (Å²) in [7, 11) is 1.53. The second kappa shape index (κ2) is 8.11. The number of anilines is 2. The zero-order valence-corrected chi connectivity index (χ0v) is 18.0. The Bertz CT molecular complexity index is 1210. The van der Waals surface area contributed by atoms with Gasteiger partial charge in [-0.3, -0.25) is 9.59 Å². The number of ether oxygens (including phenoxy) is 1. The van der Waals surface area contributed by atoms with Crippen molar-refractivity contribution < 1.29 is 14.3 Å². The van der Waals surface area contributed by atoms with Gasteiger partial charge in [0.05, 0.1) is 18.4 Å². The molecule has 1 heterocycles. The maximum atomic E-state index is 13.6. The molecule has 2 amide bonds. The third kappa shape index (κ3) is 3.82. The molecule has 5 heteroatoms. The van der Waals surface area contributed by atoms with Crippen molar-refractivity contribution in [2.45, 2.75) is 20.8 Å². The van der Waals surface area contributed by atoms with E-state index in [-0.39, 0.29) is 11.6 Å². The second-order valence-electron chi connectivity index (χ2n) is 7.73. The fraction of sp³-hybridized carbons (Fsp3) is 0.154. The largest absolute Gasteiger partial charge is 0.495 e. The molecule has 0 spiro atoms. The average molecular weight is 412 g/mol. The molecule has 1 aliphatic heterocycles. The first kappa shape index (κ1) is 20.4. The molecule has 1 aliphatic rings. The first-order chi connectivity index (χ1) is 14.9. The molecule has 0 atom stereocenters. The maximum Gasteiger partial charge on any atom is 0.282 e. The Labute approximate surface area is 182 Å². The van der Waals surface area contributed by atoms with E-state index in [0.717, 1.165) is 22.4 Å². The molecular formula is C26H24N2O3. The molecule has 1 N–H and O–H groups in total. The van der Waals surface area contributed by atoms with Crippen molar-refractivity contribution in [1.82, 2.24) is 0 Å². The topological polar surface area (TPSA) is 58.6 Å². The summed E-state index contributed by atoms with van der Waals surface area (Å²) in [6, 6.07) is 20.7. The molecule has 0 saturated carbocycles. The van der Waals surface area contributed by atoms with Crippen molar-refractivity contribution in [3.63, 3.8) is 0 Å². The smallest absolute Gasteiger partial charge is 0.282 e. The zero-order chi connectivity index (χ0) is 22.1. The van der Waals surface area contributed by atoms with E-state index in [1.807, 2.05) is 75.4 Å². The molecule has 156 valence electrons. The van der Waals surface area contributed by atoms with Crippen LogP contribution in [0.2, 0.25) is 0 Å². The van der Waals surface area contributed by atoms with Crippen LogP contribution in [-0.2, 0) is 9.59 Å². The predicted octanol–water partition coefficient (Wildman–Crippen LogP) is 5.02. The second-order valence-corrected chi connectivity index (χ2v) is 7.73. The lowest BCUT2D eigenvalue weighted by molar-refractivity contribution is -0.120. The minimum atomic E-state index is -0.411. The van der Waals surface area contributed by atoms with Gasteiger partial charge in [0, 0.05) is 5.69 Å². The van der Waals surface area contributed by atoms with E-state index in [9.17, 15) is 9.59 Å². The van der Waals surface area contributed by atoms with Crippen LogP contribution in [0.25, 0.3) is 5.57 Å². The van der Waals surface area contributed by atoms with Crippen molar-refractivity contribution in [1.29, 1.82) is 0 Å². The Kier molecular flexibility index (Phi) is 5.34. The van der Waals surface area contributed by atoms with Crippen LogP contribution in [0.4, 0.5) is 11.4 Å². The highest BCUT2D eigenvalue weighted by atomic mass is 16.5. The zero-order valence-electron chi connectivity index (χ0n) is 18.0. The van der Waals surface area contributed by atoms with Gasteiger partial charge < -0.3 is 10.1 Å². The summed E-state index contributed by atoms with van der Waals surface area (Å²) in [5.41, 5.74) is 5.52. The van der Waals surface area contributed by atoms with Crippen molar-refractivity contribution >= 4 is 28.8 Å². The highest BCUT2D eigenvalue weighted by Crippen LogP contribution is 2.38. The summed E-state index contributed by atoms with van der Waals surface area (Å²) in [4.78, 5) is 28.4. The Balaban J connectivity index is 1.86. The van der Waals surface area contributed by atoms with Crippen molar-refractivity contribution in [3.8, 4) is 5.75 Å². The van der Waals surface area contributed by atoms with E-state index in [4.69, 9.17) is 4.74 Å². The minimum Gasteiger partial charge on any atom is -0.495 e. The van der Waals surface area contributed by atoms with Crippen LogP contribution in [0.1, 0.15) is 22.3 Å². The third-order valence-electron chi connectivity index (χ3n) is 5.29. The van der Waals surface area contributed by atoms with Crippen LogP contribution in [0.5, 0.6) is 5.75 Å². The fourth-order valence-electron chi connectivity index (χ4n) is 3.69. The van der Waals surface area contributed by atoms with Crippen LogP contribution < -0.4 is 15.0 Å². The molecule has 3 aromatic carbocycles. The van der Waals surface area contributed by atoms with E-state index in [1.54, 1.807) is 12.1 Å². The first-order valence-electron chi connectivity index (χ1n) is 10.1. The minimum absolute atomic E-state index is 0.253. The van der Waals surface area contributed by atoms with Gasteiger partial charge in [-0.2, -0.15) is 0 Å². The number of hydrogen-bond donors (Lipinski definition) is 1. The first-order valence-corrected chi connectivity index (χ1v) is 10.1. The van der Waals surface area contributed by atoms with E-state index in [1.165, 1.54) is 12.0 Å². The predicted molar refractivity (Wildman–Crippen MR) is 123 cm³/mol. The Hall–Kier alpha value is -3.86. The third-order valence-corrected chi connectivity index (χ3v) is 5.29. The molecule has 0 aromatic heterocycles. The van der Waals surface area contributed by atoms with Gasteiger partial charge >= 0.3 is 0 Å².